The summed E-state index contributed by atoms with van der Waals surface area (Å²) in [7, 11) is 2.11. The molecule has 4 nitrogen and oxygen atoms in total. The van der Waals surface area contributed by atoms with Crippen molar-refractivity contribution in [1.29, 1.82) is 0 Å². The van der Waals surface area contributed by atoms with Gasteiger partial charge < -0.3 is 15.1 Å². The van der Waals surface area contributed by atoms with Gasteiger partial charge in [0.2, 0.25) is 5.91 Å². The van der Waals surface area contributed by atoms with Gasteiger partial charge in [0, 0.05) is 25.7 Å². The highest BCUT2D eigenvalue weighted by molar-refractivity contribution is 5.82. The molecule has 0 aliphatic carbocycles. The van der Waals surface area contributed by atoms with Crippen LogP contribution in [-0.4, -0.2) is 61.0 Å². The van der Waals surface area contributed by atoms with Crippen LogP contribution in [0.4, 0.5) is 0 Å². The van der Waals surface area contributed by atoms with Crippen molar-refractivity contribution in [3.05, 3.63) is 0 Å². The Bertz CT molecular complexity index is 241. The largest absolute Gasteiger partial charge is 0.340 e. The van der Waals surface area contributed by atoms with Gasteiger partial charge in [-0.05, 0) is 40.3 Å². The lowest BCUT2D eigenvalue weighted by molar-refractivity contribution is -0.136. The topological polar surface area (TPSA) is 35.6 Å². The van der Waals surface area contributed by atoms with Crippen LogP contribution in [0, 0.1) is 0 Å². The van der Waals surface area contributed by atoms with Crippen molar-refractivity contribution in [2.24, 2.45) is 0 Å². The molecule has 0 aromatic heterocycles. The van der Waals surface area contributed by atoms with Crippen molar-refractivity contribution in [2.45, 2.75) is 45.7 Å². The summed E-state index contributed by atoms with van der Waals surface area (Å²) >= 11 is 0. The molecule has 0 aromatic carbocycles. The molecule has 1 amide bonds. The molecular weight excluding hydrogens is 214 g/mol. The summed E-state index contributed by atoms with van der Waals surface area (Å²) in [6.07, 6.45) is 2.11. The van der Waals surface area contributed by atoms with E-state index >= 15 is 0 Å². The van der Waals surface area contributed by atoms with Crippen molar-refractivity contribution in [3.8, 4) is 0 Å². The molecule has 0 aromatic rings. The van der Waals surface area contributed by atoms with Crippen molar-refractivity contribution >= 4 is 5.91 Å². The van der Waals surface area contributed by atoms with E-state index in [1.54, 1.807) is 0 Å². The van der Waals surface area contributed by atoms with E-state index in [0.29, 0.717) is 6.04 Å². The first kappa shape index (κ1) is 14.5. The first-order chi connectivity index (χ1) is 8.06. The minimum absolute atomic E-state index is 0.0538. The lowest BCUT2D eigenvalue weighted by Gasteiger charge is -2.34. The summed E-state index contributed by atoms with van der Waals surface area (Å²) in [6.45, 7) is 10.0. The number of hydrogen-bond acceptors (Lipinski definition) is 3. The standard InChI is InChI=1S/C13H27N3O/c1-5-14-12-7-6-8-16(13(12)17)10-9-15(4)11(2)3/h11-12,14H,5-10H2,1-4H3. The second kappa shape index (κ2) is 6.97. The molecule has 0 spiro atoms. The molecule has 1 atom stereocenters. The first-order valence-electron chi connectivity index (χ1n) is 6.78. The highest BCUT2D eigenvalue weighted by Crippen LogP contribution is 2.11. The maximum atomic E-state index is 12.1. The van der Waals surface area contributed by atoms with Gasteiger partial charge in [0.1, 0.15) is 0 Å². The predicted octanol–water partition coefficient (Wildman–Crippen LogP) is 0.927. The average molecular weight is 241 g/mol. The van der Waals surface area contributed by atoms with Crippen LogP contribution in [0.1, 0.15) is 33.6 Å². The fourth-order valence-corrected chi connectivity index (χ4v) is 2.13. The number of piperidine rings is 1. The molecule has 1 N–H and O–H groups in total. The third kappa shape index (κ3) is 4.28. The van der Waals surface area contributed by atoms with Crippen LogP contribution in [0.3, 0.4) is 0 Å². The summed E-state index contributed by atoms with van der Waals surface area (Å²) < 4.78 is 0. The van der Waals surface area contributed by atoms with Gasteiger partial charge in [-0.15, -0.1) is 0 Å². The molecule has 0 saturated carbocycles. The highest BCUT2D eigenvalue weighted by atomic mass is 16.2. The Morgan fingerprint density at radius 1 is 1.53 bits per heavy atom. The number of likely N-dealkylation sites (tertiary alicyclic amines) is 1. The van der Waals surface area contributed by atoms with Gasteiger partial charge in [-0.25, -0.2) is 0 Å². The smallest absolute Gasteiger partial charge is 0.239 e. The quantitative estimate of drug-likeness (QED) is 0.751. The van der Waals surface area contributed by atoms with Crippen LogP contribution in [-0.2, 0) is 4.79 Å². The van der Waals surface area contributed by atoms with Crippen molar-refractivity contribution in [2.75, 3.05) is 33.2 Å². The summed E-state index contributed by atoms with van der Waals surface area (Å²) in [4.78, 5) is 16.4. The predicted molar refractivity (Wildman–Crippen MR) is 71.0 cm³/mol. The Hall–Kier alpha value is -0.610. The van der Waals surface area contributed by atoms with Gasteiger partial charge in [0.15, 0.2) is 0 Å². The number of amides is 1. The number of rotatable bonds is 6. The first-order valence-corrected chi connectivity index (χ1v) is 6.78. The van der Waals surface area contributed by atoms with Crippen LogP contribution in [0.15, 0.2) is 0 Å². The van der Waals surface area contributed by atoms with Gasteiger partial charge in [0.05, 0.1) is 6.04 Å². The zero-order chi connectivity index (χ0) is 12.8. The number of hydrogen-bond donors (Lipinski definition) is 1. The van der Waals surface area contributed by atoms with Crippen LogP contribution in [0.5, 0.6) is 0 Å². The Morgan fingerprint density at radius 3 is 2.82 bits per heavy atom. The molecule has 4 heteroatoms. The average Bonchev–Trinajstić information content (AvgIpc) is 2.30. The number of nitrogens with one attached hydrogen (secondary N) is 1. The molecule has 1 fully saturated rings. The fraction of sp³-hybridized carbons (Fsp3) is 0.923. The number of likely N-dealkylation sites (N-methyl/N-ethyl adjacent to an activating group) is 2. The Kier molecular flexibility index (Phi) is 5.92. The van der Waals surface area contributed by atoms with E-state index in [1.165, 1.54) is 0 Å². The Morgan fingerprint density at radius 2 is 2.24 bits per heavy atom. The van der Waals surface area contributed by atoms with E-state index in [9.17, 15) is 4.79 Å². The number of carbonyl (C=O) groups excluding carboxylic acids is 1. The van der Waals surface area contributed by atoms with E-state index in [2.05, 4.69) is 38.0 Å². The van der Waals surface area contributed by atoms with E-state index in [0.717, 1.165) is 39.0 Å². The third-order valence-electron chi connectivity index (χ3n) is 3.59. The Labute approximate surface area is 105 Å². The zero-order valence-corrected chi connectivity index (χ0v) is 11.7. The molecule has 1 heterocycles. The monoisotopic (exact) mass is 241 g/mol. The van der Waals surface area contributed by atoms with E-state index in [4.69, 9.17) is 0 Å². The maximum Gasteiger partial charge on any atom is 0.239 e. The highest BCUT2D eigenvalue weighted by Gasteiger charge is 2.27. The summed E-state index contributed by atoms with van der Waals surface area (Å²) in [5, 5.41) is 3.27. The molecule has 100 valence electrons. The number of nitrogens with zero attached hydrogens (tertiary/aromatic N) is 2. The van der Waals surface area contributed by atoms with Crippen molar-refractivity contribution in [3.63, 3.8) is 0 Å². The van der Waals surface area contributed by atoms with Gasteiger partial charge in [-0.1, -0.05) is 6.92 Å². The molecule has 1 rings (SSSR count). The minimum atomic E-state index is 0.0538. The lowest BCUT2D eigenvalue weighted by Crippen LogP contribution is -2.52. The second-order valence-electron chi connectivity index (χ2n) is 5.15. The normalized spacial score (nSPS) is 21.6. The Balaban J connectivity index is 2.39. The molecular formula is C13H27N3O. The molecule has 1 unspecified atom stereocenters. The van der Waals surface area contributed by atoms with E-state index in [1.807, 2.05) is 4.90 Å². The molecule has 17 heavy (non-hydrogen) atoms. The van der Waals surface area contributed by atoms with Crippen LogP contribution in [0.25, 0.3) is 0 Å². The molecule has 1 aliphatic rings. The van der Waals surface area contributed by atoms with Crippen LogP contribution in [0.2, 0.25) is 0 Å². The van der Waals surface area contributed by atoms with Gasteiger partial charge in [0.25, 0.3) is 0 Å². The molecule has 1 aliphatic heterocycles. The minimum Gasteiger partial charge on any atom is -0.340 e. The van der Waals surface area contributed by atoms with Gasteiger partial charge in [-0.2, -0.15) is 0 Å². The summed E-state index contributed by atoms with van der Waals surface area (Å²) in [5.74, 6) is 0.287. The molecule has 1 saturated heterocycles. The van der Waals surface area contributed by atoms with Crippen LogP contribution >= 0.6 is 0 Å². The summed E-state index contributed by atoms with van der Waals surface area (Å²) in [6, 6.07) is 0.595. The van der Waals surface area contributed by atoms with Crippen molar-refractivity contribution in [1.82, 2.24) is 15.1 Å². The zero-order valence-electron chi connectivity index (χ0n) is 11.7. The van der Waals surface area contributed by atoms with E-state index in [-0.39, 0.29) is 11.9 Å². The molecule has 0 bridgehead atoms. The summed E-state index contributed by atoms with van der Waals surface area (Å²) in [5.41, 5.74) is 0. The maximum absolute atomic E-state index is 12.1. The van der Waals surface area contributed by atoms with Gasteiger partial charge >= 0.3 is 0 Å². The second-order valence-corrected chi connectivity index (χ2v) is 5.15. The van der Waals surface area contributed by atoms with Crippen molar-refractivity contribution < 1.29 is 4.79 Å². The number of carbonyl (C=O) groups is 1. The van der Waals surface area contributed by atoms with Gasteiger partial charge in [-0.3, -0.25) is 4.79 Å². The SMILES string of the molecule is CCNC1CCCN(CCN(C)C(C)C)C1=O. The molecule has 0 radical (unpaired) electrons. The third-order valence-corrected chi connectivity index (χ3v) is 3.59. The van der Waals surface area contributed by atoms with E-state index < -0.39 is 0 Å². The fourth-order valence-electron chi connectivity index (χ4n) is 2.13. The van der Waals surface area contributed by atoms with Crippen LogP contribution < -0.4 is 5.32 Å². The lowest BCUT2D eigenvalue weighted by atomic mass is 10.0.